The third-order valence-corrected chi connectivity index (χ3v) is 4.53. The lowest BCUT2D eigenvalue weighted by atomic mass is 10.0. The van der Waals surface area contributed by atoms with Gasteiger partial charge in [-0.05, 0) is 35.4 Å². The molecular weight excluding hydrogens is 292 g/mol. The molecule has 2 fully saturated rings. The largest absolute Gasteiger partial charge is 0.456 e. The zero-order chi connectivity index (χ0) is 15.4. The highest BCUT2D eigenvalue weighted by atomic mass is 16.6. The minimum atomic E-state index is 0.0321. The van der Waals surface area contributed by atoms with E-state index in [0.29, 0.717) is 34.1 Å². The van der Waals surface area contributed by atoms with Crippen LogP contribution >= 0.6 is 0 Å². The molecule has 0 bridgehead atoms. The number of hydrogen-bond donors (Lipinski definition) is 0. The molecule has 2 aliphatic heterocycles. The first-order chi connectivity index (χ1) is 11.3. The smallest absolute Gasteiger partial charge is 0.200 e. The van der Waals surface area contributed by atoms with E-state index in [2.05, 4.69) is 0 Å². The van der Waals surface area contributed by atoms with E-state index in [-0.39, 0.29) is 5.43 Å². The molecule has 0 amide bonds. The van der Waals surface area contributed by atoms with Gasteiger partial charge < -0.3 is 13.9 Å². The Hall–Kier alpha value is -2.17. The van der Waals surface area contributed by atoms with Crippen molar-refractivity contribution in [2.45, 2.75) is 25.0 Å². The van der Waals surface area contributed by atoms with Crippen molar-refractivity contribution in [3.8, 4) is 0 Å². The van der Waals surface area contributed by atoms with Crippen molar-refractivity contribution in [2.24, 2.45) is 0 Å². The molecule has 2 aromatic carbocycles. The van der Waals surface area contributed by atoms with Crippen LogP contribution in [0.5, 0.6) is 0 Å². The zero-order valence-corrected chi connectivity index (χ0v) is 12.6. The molecule has 0 saturated carbocycles. The van der Waals surface area contributed by atoms with Gasteiger partial charge in [0.05, 0.1) is 36.2 Å². The van der Waals surface area contributed by atoms with Gasteiger partial charge in [0.1, 0.15) is 11.2 Å². The number of epoxide rings is 2. The summed E-state index contributed by atoms with van der Waals surface area (Å²) in [5, 5.41) is 1.27. The average molecular weight is 308 g/mol. The summed E-state index contributed by atoms with van der Waals surface area (Å²) in [6.45, 7) is 1.65. The quantitative estimate of drug-likeness (QED) is 0.549. The van der Waals surface area contributed by atoms with Crippen LogP contribution in [-0.4, -0.2) is 25.4 Å². The second-order valence-corrected chi connectivity index (χ2v) is 6.41. The first-order valence-electron chi connectivity index (χ1n) is 7.98. The number of rotatable bonds is 4. The Morgan fingerprint density at radius 1 is 0.826 bits per heavy atom. The van der Waals surface area contributed by atoms with Gasteiger partial charge in [0.2, 0.25) is 5.43 Å². The Balaban J connectivity index is 1.64. The van der Waals surface area contributed by atoms with Crippen LogP contribution in [0.15, 0.2) is 45.6 Å². The van der Waals surface area contributed by atoms with Gasteiger partial charge in [0.25, 0.3) is 0 Å². The first kappa shape index (κ1) is 13.3. The maximum atomic E-state index is 12.7. The number of benzene rings is 2. The van der Waals surface area contributed by atoms with Gasteiger partial charge in [0, 0.05) is 12.8 Å². The third-order valence-electron chi connectivity index (χ3n) is 4.53. The highest BCUT2D eigenvalue weighted by molar-refractivity contribution is 5.90. The van der Waals surface area contributed by atoms with E-state index in [9.17, 15) is 4.79 Å². The molecule has 2 unspecified atom stereocenters. The second-order valence-electron chi connectivity index (χ2n) is 6.41. The van der Waals surface area contributed by atoms with E-state index in [4.69, 9.17) is 13.9 Å². The molecule has 1 aromatic heterocycles. The summed E-state index contributed by atoms with van der Waals surface area (Å²) >= 11 is 0. The predicted molar refractivity (Wildman–Crippen MR) is 86.9 cm³/mol. The lowest BCUT2D eigenvalue weighted by molar-refractivity contribution is 0.407. The monoisotopic (exact) mass is 308 g/mol. The van der Waals surface area contributed by atoms with Crippen LogP contribution in [0.25, 0.3) is 21.9 Å². The molecule has 3 aromatic rings. The third kappa shape index (κ3) is 2.54. The van der Waals surface area contributed by atoms with Crippen LogP contribution in [0.3, 0.4) is 0 Å². The summed E-state index contributed by atoms with van der Waals surface area (Å²) in [6.07, 6.45) is 2.39. The van der Waals surface area contributed by atoms with Crippen LogP contribution in [0, 0.1) is 0 Å². The van der Waals surface area contributed by atoms with Gasteiger partial charge in [-0.1, -0.05) is 12.1 Å². The number of fused-ring (bicyclic) bond motifs is 2. The zero-order valence-electron chi connectivity index (χ0n) is 12.6. The molecule has 3 heterocycles. The van der Waals surface area contributed by atoms with Crippen LogP contribution in [0.4, 0.5) is 0 Å². The molecule has 5 rings (SSSR count). The van der Waals surface area contributed by atoms with Crippen molar-refractivity contribution < 1.29 is 13.9 Å². The van der Waals surface area contributed by atoms with E-state index >= 15 is 0 Å². The fraction of sp³-hybridized carbons (Fsp3) is 0.316. The Labute approximate surface area is 132 Å². The molecule has 2 atom stereocenters. The fourth-order valence-corrected chi connectivity index (χ4v) is 3.09. The van der Waals surface area contributed by atoms with Crippen LogP contribution < -0.4 is 5.43 Å². The topological polar surface area (TPSA) is 55.3 Å². The van der Waals surface area contributed by atoms with E-state index in [1.807, 2.05) is 36.4 Å². The molecule has 116 valence electrons. The molecule has 0 spiro atoms. The minimum absolute atomic E-state index is 0.0321. The molecule has 0 radical (unpaired) electrons. The standard InChI is InChI=1S/C19H16O4/c20-19-15-3-1-11(5-13-9-21-13)7-17(15)23-18-8-12(2-4-16(18)19)6-14-10-22-14/h1-4,7-8,13-14H,5-6,9-10H2. The molecule has 23 heavy (non-hydrogen) atoms. The molecule has 0 N–H and O–H groups in total. The van der Waals surface area contributed by atoms with Crippen molar-refractivity contribution in [3.05, 3.63) is 57.7 Å². The molecule has 4 nitrogen and oxygen atoms in total. The van der Waals surface area contributed by atoms with Crippen molar-refractivity contribution in [1.82, 2.24) is 0 Å². The Kier molecular flexibility index (Phi) is 2.84. The molecule has 2 aliphatic rings. The van der Waals surface area contributed by atoms with Gasteiger partial charge in [-0.2, -0.15) is 0 Å². The van der Waals surface area contributed by atoms with Crippen molar-refractivity contribution >= 4 is 21.9 Å². The normalized spacial score (nSPS) is 22.6. The summed E-state index contributed by atoms with van der Waals surface area (Å²) in [6, 6.07) is 11.6. The summed E-state index contributed by atoms with van der Waals surface area (Å²) in [5.41, 5.74) is 3.63. The Bertz CT molecular complexity index is 889. The van der Waals surface area contributed by atoms with E-state index in [0.717, 1.165) is 37.2 Å². The summed E-state index contributed by atoms with van der Waals surface area (Å²) in [4.78, 5) is 12.7. The van der Waals surface area contributed by atoms with Gasteiger partial charge in [-0.15, -0.1) is 0 Å². The Morgan fingerprint density at radius 3 is 1.74 bits per heavy atom. The lowest BCUT2D eigenvalue weighted by Gasteiger charge is -2.05. The second kappa shape index (κ2) is 4.91. The molecule has 4 heteroatoms. The van der Waals surface area contributed by atoms with E-state index in [1.54, 1.807) is 0 Å². The van der Waals surface area contributed by atoms with Gasteiger partial charge >= 0.3 is 0 Å². The highest BCUT2D eigenvalue weighted by Gasteiger charge is 2.24. The number of ether oxygens (including phenoxy) is 2. The van der Waals surface area contributed by atoms with Gasteiger partial charge in [-0.25, -0.2) is 0 Å². The van der Waals surface area contributed by atoms with Crippen molar-refractivity contribution in [3.63, 3.8) is 0 Å². The minimum Gasteiger partial charge on any atom is -0.456 e. The average Bonchev–Trinajstić information content (AvgIpc) is 3.44. The fourth-order valence-electron chi connectivity index (χ4n) is 3.09. The summed E-state index contributed by atoms with van der Waals surface area (Å²) in [5.74, 6) is 0. The number of hydrogen-bond acceptors (Lipinski definition) is 4. The first-order valence-corrected chi connectivity index (χ1v) is 7.98. The van der Waals surface area contributed by atoms with Gasteiger partial charge in [-0.3, -0.25) is 4.79 Å². The molecular formula is C19H16O4. The Morgan fingerprint density at radius 2 is 1.30 bits per heavy atom. The molecule has 2 saturated heterocycles. The van der Waals surface area contributed by atoms with Crippen LogP contribution in [0.1, 0.15) is 11.1 Å². The highest BCUT2D eigenvalue weighted by Crippen LogP contribution is 2.24. The van der Waals surface area contributed by atoms with E-state index in [1.165, 1.54) is 0 Å². The van der Waals surface area contributed by atoms with Crippen LogP contribution in [-0.2, 0) is 22.3 Å². The molecule has 0 aliphatic carbocycles. The van der Waals surface area contributed by atoms with E-state index < -0.39 is 0 Å². The predicted octanol–water partition coefficient (Wildman–Crippen LogP) is 2.83. The maximum absolute atomic E-state index is 12.7. The van der Waals surface area contributed by atoms with Crippen LogP contribution in [0.2, 0.25) is 0 Å². The maximum Gasteiger partial charge on any atom is 0.200 e. The SMILES string of the molecule is O=c1c2ccc(CC3CO3)cc2oc2cc(CC3CO3)ccc12. The summed E-state index contributed by atoms with van der Waals surface area (Å²) in [7, 11) is 0. The van der Waals surface area contributed by atoms with Gasteiger partial charge in [0.15, 0.2) is 0 Å². The van der Waals surface area contributed by atoms with Crippen molar-refractivity contribution in [1.29, 1.82) is 0 Å². The van der Waals surface area contributed by atoms with Crippen molar-refractivity contribution in [2.75, 3.05) is 13.2 Å². The summed E-state index contributed by atoms with van der Waals surface area (Å²) < 4.78 is 16.6. The lowest BCUT2D eigenvalue weighted by Crippen LogP contribution is -2.04.